The average Bonchev–Trinajstić information content (AvgIpc) is 2.01. The quantitative estimate of drug-likeness (QED) is 0.292. The lowest BCUT2D eigenvalue weighted by atomic mass is 10.3. The van der Waals surface area contributed by atoms with E-state index in [0.717, 1.165) is 19.4 Å². The third kappa shape index (κ3) is 7.12. The Morgan fingerprint density at radius 2 is 2.36 bits per heavy atom. The summed E-state index contributed by atoms with van der Waals surface area (Å²) in [5.74, 6) is 0.424. The molecule has 0 fully saturated rings. The van der Waals surface area contributed by atoms with Crippen LogP contribution in [0.1, 0.15) is 19.8 Å². The number of rotatable bonds is 5. The van der Waals surface area contributed by atoms with E-state index in [2.05, 4.69) is 17.2 Å². The van der Waals surface area contributed by atoms with Crippen LogP contribution in [0.4, 0.5) is 0 Å². The van der Waals surface area contributed by atoms with Crippen molar-refractivity contribution >= 4 is 5.96 Å². The van der Waals surface area contributed by atoms with Crippen molar-refractivity contribution in [3.8, 4) is 0 Å². The molecular weight excluding hydrogens is 142 g/mol. The molecule has 0 amide bonds. The smallest absolute Gasteiger partial charge is 0.188 e. The van der Waals surface area contributed by atoms with Crippen LogP contribution in [-0.2, 0) is 0 Å². The topological polar surface area (TPSA) is 70.6 Å². The maximum atomic E-state index is 8.41. The van der Waals surface area contributed by atoms with Gasteiger partial charge in [0.15, 0.2) is 5.96 Å². The van der Waals surface area contributed by atoms with Gasteiger partial charge in [0.1, 0.15) is 0 Å². The van der Waals surface area contributed by atoms with E-state index in [4.69, 9.17) is 10.8 Å². The van der Waals surface area contributed by atoms with E-state index in [-0.39, 0.29) is 6.61 Å². The summed E-state index contributed by atoms with van der Waals surface area (Å²) in [6.07, 6.45) is 2.18. The molecule has 4 nitrogen and oxygen atoms in total. The summed E-state index contributed by atoms with van der Waals surface area (Å²) < 4.78 is 0. The van der Waals surface area contributed by atoms with Gasteiger partial charge in [-0.2, -0.15) is 0 Å². The molecule has 0 unspecified atom stereocenters. The van der Waals surface area contributed by atoms with Crippen molar-refractivity contribution in [2.45, 2.75) is 19.8 Å². The van der Waals surface area contributed by atoms with Crippen molar-refractivity contribution in [3.63, 3.8) is 0 Å². The van der Waals surface area contributed by atoms with E-state index in [1.165, 1.54) is 0 Å². The lowest BCUT2D eigenvalue weighted by Crippen LogP contribution is -2.33. The molecule has 0 aliphatic rings. The van der Waals surface area contributed by atoms with Crippen LogP contribution in [0, 0.1) is 0 Å². The van der Waals surface area contributed by atoms with Crippen LogP contribution in [0.5, 0.6) is 0 Å². The van der Waals surface area contributed by atoms with E-state index in [1.54, 1.807) is 0 Å². The molecule has 0 saturated heterocycles. The minimum absolute atomic E-state index is 0.0873. The third-order valence-corrected chi connectivity index (χ3v) is 1.21. The van der Waals surface area contributed by atoms with Gasteiger partial charge in [-0.05, 0) is 6.42 Å². The summed E-state index contributed by atoms with van der Waals surface area (Å²) in [6, 6.07) is 0. The molecule has 0 bridgehead atoms. The zero-order chi connectivity index (χ0) is 8.53. The van der Waals surface area contributed by atoms with Gasteiger partial charge in [0.2, 0.25) is 0 Å². The van der Waals surface area contributed by atoms with E-state index in [1.807, 2.05) is 0 Å². The molecule has 0 spiro atoms. The van der Waals surface area contributed by atoms with Crippen molar-refractivity contribution in [2.24, 2.45) is 10.7 Å². The number of aliphatic hydroxyl groups excluding tert-OH is 1. The van der Waals surface area contributed by atoms with Crippen molar-refractivity contribution < 1.29 is 5.11 Å². The summed E-state index contributed by atoms with van der Waals surface area (Å²) >= 11 is 0. The molecule has 0 atom stereocenters. The second kappa shape index (κ2) is 7.34. The zero-order valence-electron chi connectivity index (χ0n) is 7.01. The number of nitrogens with zero attached hydrogens (tertiary/aromatic N) is 1. The number of nitrogens with two attached hydrogens (primary N) is 1. The Bertz CT molecular complexity index is 114. The molecule has 0 aliphatic carbocycles. The minimum atomic E-state index is 0.0873. The van der Waals surface area contributed by atoms with Gasteiger partial charge < -0.3 is 16.2 Å². The highest BCUT2D eigenvalue weighted by Gasteiger charge is 1.87. The maximum absolute atomic E-state index is 8.41. The number of unbranched alkanes of at least 4 members (excludes halogenated alkanes) is 1. The summed E-state index contributed by atoms with van der Waals surface area (Å²) in [5.41, 5.74) is 5.43. The first-order valence-corrected chi connectivity index (χ1v) is 3.96. The highest BCUT2D eigenvalue weighted by Crippen LogP contribution is 1.85. The fourth-order valence-electron chi connectivity index (χ4n) is 0.597. The number of nitrogens with one attached hydrogen (secondary N) is 1. The molecule has 0 aromatic carbocycles. The van der Waals surface area contributed by atoms with Gasteiger partial charge in [0.05, 0.1) is 6.61 Å². The number of hydrogen-bond donors (Lipinski definition) is 3. The Morgan fingerprint density at radius 3 is 2.91 bits per heavy atom. The van der Waals surface area contributed by atoms with Crippen molar-refractivity contribution in [3.05, 3.63) is 0 Å². The van der Waals surface area contributed by atoms with Gasteiger partial charge in [-0.15, -0.1) is 0 Å². The van der Waals surface area contributed by atoms with Gasteiger partial charge in [0.25, 0.3) is 0 Å². The Morgan fingerprint density at radius 1 is 1.64 bits per heavy atom. The molecule has 0 aliphatic heterocycles. The van der Waals surface area contributed by atoms with Gasteiger partial charge in [-0.25, -0.2) is 0 Å². The standard InChI is InChI=1S/C7H17N3O/c1-2-3-4-9-7(8)10-5-6-11/h11H,2-6H2,1H3,(H3,8,9,10). The number of aliphatic hydroxyl groups is 1. The fourth-order valence-corrected chi connectivity index (χ4v) is 0.597. The molecule has 4 N–H and O–H groups in total. The zero-order valence-corrected chi connectivity index (χ0v) is 7.01. The first-order chi connectivity index (χ1) is 5.31. The molecule has 0 radical (unpaired) electrons. The highest BCUT2D eigenvalue weighted by atomic mass is 16.3. The first kappa shape index (κ1) is 10.2. The van der Waals surface area contributed by atoms with Gasteiger partial charge in [-0.3, -0.25) is 4.99 Å². The van der Waals surface area contributed by atoms with E-state index in [9.17, 15) is 0 Å². The second-order valence-electron chi connectivity index (χ2n) is 2.27. The van der Waals surface area contributed by atoms with Crippen LogP contribution < -0.4 is 11.1 Å². The SMILES string of the molecule is CCCCN=C(N)NCCO. The Labute approximate surface area is 67.5 Å². The molecule has 0 heterocycles. The van der Waals surface area contributed by atoms with Crippen LogP contribution in [0.25, 0.3) is 0 Å². The predicted molar refractivity (Wildman–Crippen MR) is 46.5 cm³/mol. The fraction of sp³-hybridized carbons (Fsp3) is 0.857. The molecule has 0 aromatic rings. The monoisotopic (exact) mass is 159 g/mol. The Kier molecular flexibility index (Phi) is 6.82. The van der Waals surface area contributed by atoms with E-state index in [0.29, 0.717) is 12.5 Å². The second-order valence-corrected chi connectivity index (χ2v) is 2.27. The van der Waals surface area contributed by atoms with Crippen LogP contribution >= 0.6 is 0 Å². The van der Waals surface area contributed by atoms with E-state index < -0.39 is 0 Å². The maximum Gasteiger partial charge on any atom is 0.188 e. The lowest BCUT2D eigenvalue weighted by Gasteiger charge is -2.01. The van der Waals surface area contributed by atoms with Gasteiger partial charge in [-0.1, -0.05) is 13.3 Å². The van der Waals surface area contributed by atoms with Crippen LogP contribution in [-0.4, -0.2) is 30.8 Å². The average molecular weight is 159 g/mol. The third-order valence-electron chi connectivity index (χ3n) is 1.21. The summed E-state index contributed by atoms with van der Waals surface area (Å²) in [4.78, 5) is 4.02. The number of hydrogen-bond acceptors (Lipinski definition) is 2. The lowest BCUT2D eigenvalue weighted by molar-refractivity contribution is 0.300. The molecule has 0 rings (SSSR count). The van der Waals surface area contributed by atoms with E-state index >= 15 is 0 Å². The summed E-state index contributed by atoms with van der Waals surface area (Å²) in [5, 5.41) is 11.2. The Hall–Kier alpha value is -0.770. The van der Waals surface area contributed by atoms with Gasteiger partial charge in [0, 0.05) is 13.1 Å². The molecule has 66 valence electrons. The molecule has 11 heavy (non-hydrogen) atoms. The molecular formula is C7H17N3O. The number of guanidine groups is 1. The predicted octanol–water partition coefficient (Wildman–Crippen LogP) is -0.317. The first-order valence-electron chi connectivity index (χ1n) is 3.96. The Balaban J connectivity index is 3.30. The van der Waals surface area contributed by atoms with Gasteiger partial charge >= 0.3 is 0 Å². The molecule has 4 heteroatoms. The minimum Gasteiger partial charge on any atom is -0.395 e. The molecule has 0 aromatic heterocycles. The summed E-state index contributed by atoms with van der Waals surface area (Å²) in [7, 11) is 0. The molecule has 0 saturated carbocycles. The van der Waals surface area contributed by atoms with Crippen molar-refractivity contribution in [1.82, 2.24) is 5.32 Å². The number of aliphatic imine (C=N–C) groups is 1. The summed E-state index contributed by atoms with van der Waals surface area (Å²) in [6.45, 7) is 3.43. The normalized spacial score (nSPS) is 11.6. The highest BCUT2D eigenvalue weighted by molar-refractivity contribution is 5.77. The van der Waals surface area contributed by atoms with Crippen LogP contribution in [0.3, 0.4) is 0 Å². The van der Waals surface area contributed by atoms with Crippen LogP contribution in [0.15, 0.2) is 4.99 Å². The largest absolute Gasteiger partial charge is 0.395 e. The van der Waals surface area contributed by atoms with Crippen molar-refractivity contribution in [1.29, 1.82) is 0 Å². The van der Waals surface area contributed by atoms with Crippen LogP contribution in [0.2, 0.25) is 0 Å². The van der Waals surface area contributed by atoms with Crippen molar-refractivity contribution in [2.75, 3.05) is 19.7 Å².